The zero-order valence-corrected chi connectivity index (χ0v) is 15.1. The Morgan fingerprint density at radius 2 is 1.93 bits per heavy atom. The van der Waals surface area contributed by atoms with Crippen molar-refractivity contribution in [3.8, 4) is 11.5 Å². The number of ether oxygens (including phenoxy) is 3. The van der Waals surface area contributed by atoms with Gasteiger partial charge in [0.15, 0.2) is 11.5 Å². The largest absolute Gasteiger partial charge is 0.486 e. The highest BCUT2D eigenvalue weighted by atomic mass is 16.6. The number of hydrogen-bond donors (Lipinski definition) is 1. The van der Waals surface area contributed by atoms with Crippen LogP contribution in [-0.2, 0) is 11.3 Å². The Morgan fingerprint density at radius 1 is 1.07 bits per heavy atom. The van der Waals surface area contributed by atoms with E-state index in [0.717, 1.165) is 35.6 Å². The summed E-state index contributed by atoms with van der Waals surface area (Å²) in [4.78, 5) is 12.4. The average Bonchev–Trinajstić information content (AvgIpc) is 3.45. The molecule has 2 atom stereocenters. The van der Waals surface area contributed by atoms with Crippen LogP contribution in [0.15, 0.2) is 35.1 Å². The molecule has 1 aromatic carbocycles. The summed E-state index contributed by atoms with van der Waals surface area (Å²) in [6.45, 7) is 2.90. The molecule has 7 heteroatoms. The lowest BCUT2D eigenvalue weighted by Crippen LogP contribution is -2.41. The molecule has 1 saturated carbocycles. The van der Waals surface area contributed by atoms with E-state index in [-0.39, 0.29) is 17.6 Å². The Labute approximate surface area is 157 Å². The third-order valence-corrected chi connectivity index (χ3v) is 5.38. The third kappa shape index (κ3) is 3.44. The first-order chi connectivity index (χ1) is 13.3. The minimum atomic E-state index is -0.0894. The van der Waals surface area contributed by atoms with Crippen molar-refractivity contribution in [3.05, 3.63) is 51.9 Å². The Bertz CT molecular complexity index is 893. The Kier molecular flexibility index (Phi) is 4.33. The van der Waals surface area contributed by atoms with Crippen molar-refractivity contribution >= 4 is 0 Å². The monoisotopic (exact) mass is 369 g/mol. The fourth-order valence-corrected chi connectivity index (χ4v) is 3.70. The second-order valence-electron chi connectivity index (χ2n) is 7.39. The van der Waals surface area contributed by atoms with Crippen molar-refractivity contribution in [2.24, 2.45) is 0 Å². The molecule has 142 valence electrons. The maximum atomic E-state index is 12.4. The molecule has 0 bridgehead atoms. The summed E-state index contributed by atoms with van der Waals surface area (Å²) in [5.74, 6) is 2.10. The van der Waals surface area contributed by atoms with Crippen LogP contribution in [-0.4, -0.2) is 42.2 Å². The highest BCUT2D eigenvalue weighted by Gasteiger charge is 2.32. The van der Waals surface area contributed by atoms with Crippen molar-refractivity contribution in [2.45, 2.75) is 37.4 Å². The van der Waals surface area contributed by atoms with Crippen molar-refractivity contribution < 1.29 is 14.2 Å². The summed E-state index contributed by atoms with van der Waals surface area (Å²) in [5, 5.41) is 8.15. The number of nitrogens with zero attached hydrogens (tertiary/aromatic N) is 2. The van der Waals surface area contributed by atoms with E-state index < -0.39 is 0 Å². The van der Waals surface area contributed by atoms with Crippen LogP contribution < -0.4 is 20.3 Å². The predicted molar refractivity (Wildman–Crippen MR) is 98.4 cm³/mol. The lowest BCUT2D eigenvalue weighted by Gasteiger charge is -2.22. The van der Waals surface area contributed by atoms with E-state index in [1.807, 2.05) is 24.3 Å². The van der Waals surface area contributed by atoms with Gasteiger partial charge in [-0.05, 0) is 36.6 Å². The summed E-state index contributed by atoms with van der Waals surface area (Å²) in [6, 6.07) is 9.43. The molecule has 2 aliphatic heterocycles. The minimum absolute atomic E-state index is 0.0397. The average molecular weight is 369 g/mol. The lowest BCUT2D eigenvalue weighted by molar-refractivity contribution is 0.171. The molecule has 1 saturated heterocycles. The summed E-state index contributed by atoms with van der Waals surface area (Å²) in [6.07, 6.45) is 2.33. The van der Waals surface area contributed by atoms with E-state index in [4.69, 9.17) is 14.2 Å². The van der Waals surface area contributed by atoms with Crippen LogP contribution in [0.5, 0.6) is 11.5 Å². The number of aromatic nitrogens is 2. The van der Waals surface area contributed by atoms with Gasteiger partial charge in [0.05, 0.1) is 31.0 Å². The van der Waals surface area contributed by atoms with Gasteiger partial charge >= 0.3 is 0 Å². The van der Waals surface area contributed by atoms with Gasteiger partial charge in [-0.1, -0.05) is 6.07 Å². The lowest BCUT2D eigenvalue weighted by atomic mass is 10.1. The molecule has 3 heterocycles. The smallest absolute Gasteiger partial charge is 0.267 e. The van der Waals surface area contributed by atoms with E-state index >= 15 is 0 Å². The van der Waals surface area contributed by atoms with Crippen molar-refractivity contribution in [1.29, 1.82) is 0 Å². The van der Waals surface area contributed by atoms with Gasteiger partial charge in [-0.15, -0.1) is 0 Å². The Morgan fingerprint density at radius 3 is 2.78 bits per heavy atom. The molecule has 2 fully saturated rings. The van der Waals surface area contributed by atoms with E-state index in [2.05, 4.69) is 10.4 Å². The van der Waals surface area contributed by atoms with E-state index in [9.17, 15) is 4.79 Å². The summed E-state index contributed by atoms with van der Waals surface area (Å²) in [7, 11) is 0. The Balaban J connectivity index is 1.30. The molecule has 1 aromatic heterocycles. The molecule has 2 unspecified atom stereocenters. The topological polar surface area (TPSA) is 74.6 Å². The van der Waals surface area contributed by atoms with Gasteiger partial charge in [-0.2, -0.15) is 5.10 Å². The number of benzene rings is 1. The van der Waals surface area contributed by atoms with E-state index in [0.29, 0.717) is 38.9 Å². The van der Waals surface area contributed by atoms with Crippen LogP contribution in [0.25, 0.3) is 0 Å². The maximum absolute atomic E-state index is 12.4. The van der Waals surface area contributed by atoms with Gasteiger partial charge in [-0.3, -0.25) is 4.79 Å². The molecular formula is C20H23N3O4. The first kappa shape index (κ1) is 16.8. The fourth-order valence-electron chi connectivity index (χ4n) is 3.70. The van der Waals surface area contributed by atoms with Gasteiger partial charge in [0.1, 0.15) is 13.2 Å². The Hall–Kier alpha value is -2.38. The fraction of sp³-hybridized carbons (Fsp3) is 0.500. The van der Waals surface area contributed by atoms with Crippen molar-refractivity contribution in [3.63, 3.8) is 0 Å². The van der Waals surface area contributed by atoms with Crippen molar-refractivity contribution in [2.75, 3.05) is 26.4 Å². The van der Waals surface area contributed by atoms with Crippen LogP contribution in [0.4, 0.5) is 0 Å². The second kappa shape index (κ2) is 6.98. The van der Waals surface area contributed by atoms with Crippen LogP contribution in [0, 0.1) is 0 Å². The highest BCUT2D eigenvalue weighted by Crippen LogP contribution is 2.38. The molecule has 1 aliphatic carbocycles. The van der Waals surface area contributed by atoms with Crippen LogP contribution in [0.3, 0.4) is 0 Å². The number of nitrogens with one attached hydrogen (secondary N) is 1. The summed E-state index contributed by atoms with van der Waals surface area (Å²) < 4.78 is 18.5. The van der Waals surface area contributed by atoms with Crippen LogP contribution in [0.1, 0.15) is 36.1 Å². The summed E-state index contributed by atoms with van der Waals surface area (Å²) in [5.41, 5.74) is 2.06. The maximum Gasteiger partial charge on any atom is 0.267 e. The first-order valence-corrected chi connectivity index (χ1v) is 9.57. The first-order valence-electron chi connectivity index (χ1n) is 9.57. The molecule has 5 rings (SSSR count). The van der Waals surface area contributed by atoms with Crippen LogP contribution in [0.2, 0.25) is 0 Å². The molecule has 0 spiro atoms. The predicted octanol–water partition coefficient (Wildman–Crippen LogP) is 1.62. The van der Waals surface area contributed by atoms with Gasteiger partial charge in [0.25, 0.3) is 5.56 Å². The van der Waals surface area contributed by atoms with E-state index in [1.54, 1.807) is 10.7 Å². The zero-order chi connectivity index (χ0) is 18.2. The third-order valence-electron chi connectivity index (χ3n) is 5.38. The number of fused-ring (bicyclic) bond motifs is 1. The van der Waals surface area contributed by atoms with Crippen molar-refractivity contribution in [1.82, 2.24) is 15.1 Å². The molecule has 7 nitrogen and oxygen atoms in total. The molecule has 2 aromatic rings. The van der Waals surface area contributed by atoms with Crippen LogP contribution >= 0.6 is 0 Å². The highest BCUT2D eigenvalue weighted by molar-refractivity contribution is 5.43. The quantitative estimate of drug-likeness (QED) is 0.863. The second-order valence-corrected chi connectivity index (χ2v) is 7.39. The standard InChI is InChI=1S/C20H23N3O4/c24-20-6-4-15(14-2-3-14)22-23(20)17-12-25-11-16(17)21-10-13-1-5-18-19(9-13)27-8-7-26-18/h1,4-6,9,14,16-17,21H,2-3,7-8,10-12H2. The zero-order valence-electron chi connectivity index (χ0n) is 15.1. The van der Waals surface area contributed by atoms with Gasteiger partial charge in [0, 0.05) is 18.5 Å². The normalized spacial score (nSPS) is 24.1. The minimum Gasteiger partial charge on any atom is -0.486 e. The molecule has 1 N–H and O–H groups in total. The molecule has 0 amide bonds. The summed E-state index contributed by atoms with van der Waals surface area (Å²) >= 11 is 0. The SMILES string of the molecule is O=c1ccc(C2CC2)nn1C1COCC1NCc1ccc2c(c1)OCCO2. The number of hydrogen-bond acceptors (Lipinski definition) is 6. The molecule has 0 radical (unpaired) electrons. The van der Waals surface area contributed by atoms with Gasteiger partial charge < -0.3 is 19.5 Å². The molecule has 27 heavy (non-hydrogen) atoms. The molecular weight excluding hydrogens is 346 g/mol. The van der Waals surface area contributed by atoms with Gasteiger partial charge in [-0.25, -0.2) is 4.68 Å². The number of rotatable bonds is 5. The van der Waals surface area contributed by atoms with E-state index in [1.165, 1.54) is 0 Å². The van der Waals surface area contributed by atoms with Gasteiger partial charge in [0.2, 0.25) is 0 Å². The molecule has 3 aliphatic rings.